The van der Waals surface area contributed by atoms with E-state index in [0.717, 1.165) is 22.3 Å². The van der Waals surface area contributed by atoms with Crippen LogP contribution >= 0.6 is 0 Å². The van der Waals surface area contributed by atoms with Gasteiger partial charge in [-0.2, -0.15) is 0 Å². The molecule has 3 N–H and O–H groups in total. The first-order chi connectivity index (χ1) is 9.72. The molecule has 0 radical (unpaired) electrons. The summed E-state index contributed by atoms with van der Waals surface area (Å²) in [4.78, 5) is 4.45. The number of nitrogens with zero attached hydrogens (tertiary/aromatic N) is 3. The second-order valence-corrected chi connectivity index (χ2v) is 4.66. The molecule has 1 atom stereocenters. The number of aromatic nitrogens is 3. The molecule has 2 aromatic carbocycles. The van der Waals surface area contributed by atoms with Crippen LogP contribution in [-0.2, 0) is 0 Å². The number of nitrogen functional groups attached to an aromatic ring is 1. The molecule has 0 aliphatic heterocycles. The number of rotatable bonds is 3. The third-order valence-corrected chi connectivity index (χ3v) is 3.12. The first-order valence-corrected chi connectivity index (χ1v) is 6.44. The molecule has 3 aromatic rings. The van der Waals surface area contributed by atoms with Crippen LogP contribution in [0.15, 0.2) is 48.5 Å². The van der Waals surface area contributed by atoms with Gasteiger partial charge in [0.25, 0.3) is 0 Å². The van der Waals surface area contributed by atoms with E-state index in [-0.39, 0.29) is 6.04 Å². The number of nitrogens with two attached hydrogens (primary N) is 1. The van der Waals surface area contributed by atoms with Gasteiger partial charge < -0.3 is 11.1 Å². The van der Waals surface area contributed by atoms with E-state index in [1.54, 1.807) is 0 Å². The van der Waals surface area contributed by atoms with Crippen LogP contribution in [0.1, 0.15) is 18.5 Å². The predicted octanol–water partition coefficient (Wildman–Crippen LogP) is 2.78. The van der Waals surface area contributed by atoms with Gasteiger partial charge in [-0.05, 0) is 36.8 Å². The van der Waals surface area contributed by atoms with Gasteiger partial charge >= 0.3 is 0 Å². The Labute approximate surface area is 116 Å². The first-order valence-electron chi connectivity index (χ1n) is 6.44. The SMILES string of the molecule is CC(Nc1nnc2ccccc2n1)c1cccc(N)c1. The highest BCUT2D eigenvalue weighted by molar-refractivity contribution is 5.74. The summed E-state index contributed by atoms with van der Waals surface area (Å²) in [6.45, 7) is 2.04. The fourth-order valence-electron chi connectivity index (χ4n) is 2.05. The lowest BCUT2D eigenvalue weighted by molar-refractivity contribution is 0.849. The topological polar surface area (TPSA) is 76.7 Å². The maximum atomic E-state index is 5.79. The van der Waals surface area contributed by atoms with Gasteiger partial charge in [0.1, 0.15) is 5.52 Å². The summed E-state index contributed by atoms with van der Waals surface area (Å²) >= 11 is 0. The summed E-state index contributed by atoms with van der Waals surface area (Å²) < 4.78 is 0. The standard InChI is InChI=1S/C15H15N5/c1-10(11-5-4-6-12(16)9-11)17-15-18-13-7-2-3-8-14(13)19-20-15/h2-10H,16H2,1H3,(H,17,18,20). The van der Waals surface area contributed by atoms with Crippen molar-refractivity contribution in [2.75, 3.05) is 11.1 Å². The van der Waals surface area contributed by atoms with Gasteiger partial charge in [0.05, 0.1) is 11.6 Å². The molecule has 0 fully saturated rings. The van der Waals surface area contributed by atoms with Crippen molar-refractivity contribution in [2.24, 2.45) is 0 Å². The Morgan fingerprint density at radius 3 is 2.60 bits per heavy atom. The minimum Gasteiger partial charge on any atom is -0.399 e. The highest BCUT2D eigenvalue weighted by Gasteiger charge is 2.08. The normalized spacial score (nSPS) is 12.2. The van der Waals surface area contributed by atoms with Crippen LogP contribution in [0.3, 0.4) is 0 Å². The average molecular weight is 265 g/mol. The molecule has 0 bridgehead atoms. The Morgan fingerprint density at radius 1 is 1.00 bits per heavy atom. The third kappa shape index (κ3) is 2.51. The predicted molar refractivity (Wildman–Crippen MR) is 80.2 cm³/mol. The number of benzene rings is 2. The van der Waals surface area contributed by atoms with Gasteiger partial charge in [0.2, 0.25) is 5.95 Å². The fourth-order valence-corrected chi connectivity index (χ4v) is 2.05. The molecular weight excluding hydrogens is 250 g/mol. The molecule has 0 saturated heterocycles. The first kappa shape index (κ1) is 12.3. The van der Waals surface area contributed by atoms with Crippen LogP contribution in [0.4, 0.5) is 11.6 Å². The summed E-state index contributed by atoms with van der Waals surface area (Å²) in [5, 5.41) is 11.5. The van der Waals surface area contributed by atoms with Crippen molar-refractivity contribution in [3.8, 4) is 0 Å². The molecule has 100 valence electrons. The number of fused-ring (bicyclic) bond motifs is 1. The van der Waals surface area contributed by atoms with Gasteiger partial charge in [0, 0.05) is 5.69 Å². The largest absolute Gasteiger partial charge is 0.399 e. The van der Waals surface area contributed by atoms with E-state index < -0.39 is 0 Å². The lowest BCUT2D eigenvalue weighted by Crippen LogP contribution is -2.10. The smallest absolute Gasteiger partial charge is 0.243 e. The third-order valence-electron chi connectivity index (χ3n) is 3.12. The Kier molecular flexibility index (Phi) is 3.16. The van der Waals surface area contributed by atoms with E-state index in [4.69, 9.17) is 5.73 Å². The zero-order valence-corrected chi connectivity index (χ0v) is 11.1. The second-order valence-electron chi connectivity index (χ2n) is 4.66. The van der Waals surface area contributed by atoms with Crippen molar-refractivity contribution < 1.29 is 0 Å². The summed E-state index contributed by atoms with van der Waals surface area (Å²) in [5.74, 6) is 0.513. The molecule has 20 heavy (non-hydrogen) atoms. The molecular formula is C15H15N5. The van der Waals surface area contributed by atoms with Crippen molar-refractivity contribution >= 4 is 22.7 Å². The van der Waals surface area contributed by atoms with Crippen LogP contribution in [0.2, 0.25) is 0 Å². The van der Waals surface area contributed by atoms with E-state index in [9.17, 15) is 0 Å². The van der Waals surface area contributed by atoms with Gasteiger partial charge in [-0.25, -0.2) is 4.98 Å². The van der Waals surface area contributed by atoms with Crippen molar-refractivity contribution in [3.05, 3.63) is 54.1 Å². The lowest BCUT2D eigenvalue weighted by atomic mass is 10.1. The molecule has 3 rings (SSSR count). The number of hydrogen-bond donors (Lipinski definition) is 2. The van der Waals surface area contributed by atoms with Gasteiger partial charge in [-0.15, -0.1) is 10.2 Å². The molecule has 0 aliphatic rings. The van der Waals surface area contributed by atoms with E-state index in [1.807, 2.05) is 55.5 Å². The van der Waals surface area contributed by atoms with Crippen molar-refractivity contribution in [3.63, 3.8) is 0 Å². The van der Waals surface area contributed by atoms with Crippen LogP contribution in [-0.4, -0.2) is 15.2 Å². The number of hydrogen-bond acceptors (Lipinski definition) is 5. The van der Waals surface area contributed by atoms with Gasteiger partial charge in [-0.3, -0.25) is 0 Å². The molecule has 5 heteroatoms. The molecule has 1 aromatic heterocycles. The van der Waals surface area contributed by atoms with Gasteiger partial charge in [0.15, 0.2) is 0 Å². The Bertz CT molecular complexity index is 741. The van der Waals surface area contributed by atoms with Crippen LogP contribution in [0.25, 0.3) is 11.0 Å². The van der Waals surface area contributed by atoms with Crippen molar-refractivity contribution in [2.45, 2.75) is 13.0 Å². The molecule has 0 saturated carbocycles. The minimum atomic E-state index is 0.0569. The minimum absolute atomic E-state index is 0.0569. The number of nitrogens with one attached hydrogen (secondary N) is 1. The number of para-hydroxylation sites is 1. The van der Waals surface area contributed by atoms with Crippen LogP contribution < -0.4 is 11.1 Å². The molecule has 0 aliphatic carbocycles. The molecule has 0 amide bonds. The average Bonchev–Trinajstić information content (AvgIpc) is 2.47. The Morgan fingerprint density at radius 2 is 1.80 bits per heavy atom. The summed E-state index contributed by atoms with van der Waals surface area (Å²) in [6.07, 6.45) is 0. The second kappa shape index (κ2) is 5.13. The van der Waals surface area contributed by atoms with Crippen LogP contribution in [0.5, 0.6) is 0 Å². The van der Waals surface area contributed by atoms with Gasteiger partial charge in [-0.1, -0.05) is 24.3 Å². The molecule has 1 unspecified atom stereocenters. The zero-order valence-electron chi connectivity index (χ0n) is 11.1. The van der Waals surface area contributed by atoms with E-state index in [0.29, 0.717) is 5.95 Å². The monoisotopic (exact) mass is 265 g/mol. The summed E-state index contributed by atoms with van der Waals surface area (Å²) in [5.41, 5.74) is 9.23. The maximum Gasteiger partial charge on any atom is 0.243 e. The zero-order chi connectivity index (χ0) is 13.9. The fraction of sp³-hybridized carbons (Fsp3) is 0.133. The Balaban J connectivity index is 1.85. The van der Waals surface area contributed by atoms with E-state index in [2.05, 4.69) is 20.5 Å². The lowest BCUT2D eigenvalue weighted by Gasteiger charge is -2.14. The van der Waals surface area contributed by atoms with Crippen LogP contribution in [0, 0.1) is 0 Å². The van der Waals surface area contributed by atoms with E-state index in [1.165, 1.54) is 0 Å². The summed E-state index contributed by atoms with van der Waals surface area (Å²) in [6, 6.07) is 15.5. The molecule has 1 heterocycles. The maximum absolute atomic E-state index is 5.79. The highest BCUT2D eigenvalue weighted by Crippen LogP contribution is 2.19. The quantitative estimate of drug-likeness (QED) is 0.712. The van der Waals surface area contributed by atoms with Crippen molar-refractivity contribution in [1.82, 2.24) is 15.2 Å². The highest BCUT2D eigenvalue weighted by atomic mass is 15.2. The molecule has 5 nitrogen and oxygen atoms in total. The Hall–Kier alpha value is -2.69. The van der Waals surface area contributed by atoms with Crippen molar-refractivity contribution in [1.29, 1.82) is 0 Å². The van der Waals surface area contributed by atoms with E-state index >= 15 is 0 Å². The number of anilines is 2. The summed E-state index contributed by atoms with van der Waals surface area (Å²) in [7, 11) is 0. The molecule has 0 spiro atoms.